The number of rotatable bonds is 6. The van der Waals surface area contributed by atoms with E-state index in [0.29, 0.717) is 5.69 Å². The minimum Gasteiger partial charge on any atom is -0.488 e. The molecule has 34 heavy (non-hydrogen) atoms. The van der Waals surface area contributed by atoms with Gasteiger partial charge in [0.25, 0.3) is 5.56 Å². The Hall–Kier alpha value is -3.49. The van der Waals surface area contributed by atoms with Crippen LogP contribution in [0.3, 0.4) is 0 Å². The van der Waals surface area contributed by atoms with Gasteiger partial charge in [0.15, 0.2) is 17.5 Å². The summed E-state index contributed by atoms with van der Waals surface area (Å²) >= 11 is 0. The largest absolute Gasteiger partial charge is 0.488 e. The van der Waals surface area contributed by atoms with Crippen LogP contribution in [0.25, 0.3) is 0 Å². The fourth-order valence-electron chi connectivity index (χ4n) is 4.35. The van der Waals surface area contributed by atoms with Gasteiger partial charge in [-0.2, -0.15) is 0 Å². The van der Waals surface area contributed by atoms with Crippen molar-refractivity contribution in [3.05, 3.63) is 86.1 Å². The van der Waals surface area contributed by atoms with Gasteiger partial charge in [-0.05, 0) is 61.6 Å². The second-order valence-electron chi connectivity index (χ2n) is 9.08. The molecule has 0 radical (unpaired) electrons. The molecule has 0 bridgehead atoms. The summed E-state index contributed by atoms with van der Waals surface area (Å²) in [4.78, 5) is 24.8. The van der Waals surface area contributed by atoms with Crippen LogP contribution in [0.1, 0.15) is 60.6 Å². The van der Waals surface area contributed by atoms with Gasteiger partial charge in [0.1, 0.15) is 11.4 Å². The number of aromatic amines is 2. The summed E-state index contributed by atoms with van der Waals surface area (Å²) in [7, 11) is 1.17. The lowest BCUT2D eigenvalue weighted by Gasteiger charge is -2.32. The predicted octanol–water partition coefficient (Wildman–Crippen LogP) is 4.51. The third-order valence-corrected chi connectivity index (χ3v) is 6.14. The number of carbonyl (C=O) groups excluding carboxylic acids is 1. The predicted molar refractivity (Wildman–Crippen MR) is 118 cm³/mol. The van der Waals surface area contributed by atoms with Gasteiger partial charge in [0.05, 0.1) is 13.5 Å². The van der Waals surface area contributed by atoms with E-state index in [1.165, 1.54) is 7.11 Å². The summed E-state index contributed by atoms with van der Waals surface area (Å²) in [6.07, 6.45) is 1.63. The summed E-state index contributed by atoms with van der Waals surface area (Å²) in [5.74, 6) is -5.36. The number of fused-ring (bicyclic) bond motifs is 1. The molecule has 1 aliphatic heterocycles. The van der Waals surface area contributed by atoms with Crippen LogP contribution in [0, 0.1) is 17.5 Å². The molecule has 0 saturated heterocycles. The molecular formula is C25H25F3N2O4. The number of aromatic nitrogens is 2. The van der Waals surface area contributed by atoms with Crippen molar-refractivity contribution in [1.29, 1.82) is 0 Å². The number of halogens is 3. The van der Waals surface area contributed by atoms with Crippen LogP contribution in [0.5, 0.6) is 5.75 Å². The average Bonchev–Trinajstić information content (AvgIpc) is 3.14. The Morgan fingerprint density at radius 3 is 2.53 bits per heavy atom. The number of nitrogens with one attached hydrogen (secondary N) is 2. The number of methoxy groups -OCH3 is 1. The van der Waals surface area contributed by atoms with E-state index in [4.69, 9.17) is 9.47 Å². The van der Waals surface area contributed by atoms with E-state index in [9.17, 15) is 22.8 Å². The van der Waals surface area contributed by atoms with Crippen LogP contribution in [0.15, 0.2) is 35.1 Å². The Kier molecular flexibility index (Phi) is 6.29. The number of aryl methyl sites for hydroxylation is 1. The second-order valence-corrected chi connectivity index (χ2v) is 9.08. The van der Waals surface area contributed by atoms with Crippen molar-refractivity contribution in [1.82, 2.24) is 10.2 Å². The Morgan fingerprint density at radius 1 is 1.15 bits per heavy atom. The van der Waals surface area contributed by atoms with Gasteiger partial charge in [-0.25, -0.2) is 13.2 Å². The Morgan fingerprint density at radius 2 is 1.85 bits per heavy atom. The molecule has 2 aromatic carbocycles. The van der Waals surface area contributed by atoms with Crippen LogP contribution in [-0.2, 0) is 22.4 Å². The Labute approximate surface area is 194 Å². The summed E-state index contributed by atoms with van der Waals surface area (Å²) in [5, 5.41) is 5.31. The standard InChI is InChI=1S/C25H25F3N2O4/c1-25(2)7-6-14-8-13(4-5-20(14)34-25)9-19-22(24(32)30-29-19)16(12-21(31)33-3)15-10-17(26)23(28)18(27)11-15/h4-5,8,10-11,16H,6-7,9,12H2,1-3H3,(H2,29,30,32)/t16-/m0/s1. The van der Waals surface area contributed by atoms with Crippen molar-refractivity contribution in [2.75, 3.05) is 7.11 Å². The SMILES string of the molecule is COC(=O)C[C@@H](c1cc(F)c(F)c(F)c1)c1c(Cc2ccc3c(c2)CCC(C)(C)O3)[nH][nH]c1=O. The van der Waals surface area contributed by atoms with E-state index < -0.39 is 34.9 Å². The molecule has 1 aromatic heterocycles. The highest BCUT2D eigenvalue weighted by Gasteiger charge is 2.29. The van der Waals surface area contributed by atoms with Gasteiger partial charge >= 0.3 is 5.97 Å². The molecule has 0 saturated carbocycles. The summed E-state index contributed by atoms with van der Waals surface area (Å²) < 4.78 is 52.3. The molecule has 6 nitrogen and oxygen atoms in total. The topological polar surface area (TPSA) is 84.2 Å². The zero-order valence-corrected chi connectivity index (χ0v) is 19.1. The normalized spacial score (nSPS) is 15.4. The van der Waals surface area contributed by atoms with Crippen molar-refractivity contribution in [3.63, 3.8) is 0 Å². The van der Waals surface area contributed by atoms with Gasteiger partial charge in [-0.3, -0.25) is 14.7 Å². The van der Waals surface area contributed by atoms with E-state index in [1.54, 1.807) is 0 Å². The number of hydrogen-bond acceptors (Lipinski definition) is 4. The maximum absolute atomic E-state index is 14.0. The molecule has 1 aliphatic rings. The molecule has 0 amide bonds. The quantitative estimate of drug-likeness (QED) is 0.407. The average molecular weight is 474 g/mol. The highest BCUT2D eigenvalue weighted by atomic mass is 19.2. The number of hydrogen-bond donors (Lipinski definition) is 2. The van der Waals surface area contributed by atoms with Gasteiger partial charge in [0, 0.05) is 23.6 Å². The summed E-state index contributed by atoms with van der Waals surface area (Å²) in [5.41, 5.74) is 1.67. The molecule has 180 valence electrons. The van der Waals surface area contributed by atoms with E-state index in [0.717, 1.165) is 41.9 Å². The minimum absolute atomic E-state index is 0.0470. The zero-order valence-electron chi connectivity index (χ0n) is 19.1. The Bertz CT molecular complexity index is 1270. The van der Waals surface area contributed by atoms with Gasteiger partial charge in [0.2, 0.25) is 0 Å². The molecule has 9 heteroatoms. The monoisotopic (exact) mass is 474 g/mol. The molecule has 0 fully saturated rings. The first-order valence-corrected chi connectivity index (χ1v) is 10.9. The number of carbonyl (C=O) groups is 1. The lowest BCUT2D eigenvalue weighted by atomic mass is 9.86. The lowest BCUT2D eigenvalue weighted by Crippen LogP contribution is -2.32. The molecule has 4 rings (SSSR count). The molecular weight excluding hydrogens is 449 g/mol. The molecule has 2 heterocycles. The van der Waals surface area contributed by atoms with Crippen molar-refractivity contribution in [2.24, 2.45) is 0 Å². The van der Waals surface area contributed by atoms with E-state index in [2.05, 4.69) is 10.2 Å². The van der Waals surface area contributed by atoms with Crippen LogP contribution in [0.2, 0.25) is 0 Å². The molecule has 1 atom stereocenters. The van der Waals surface area contributed by atoms with Crippen LogP contribution in [0.4, 0.5) is 13.2 Å². The first kappa shape index (κ1) is 23.7. The van der Waals surface area contributed by atoms with Crippen molar-refractivity contribution >= 4 is 5.97 Å². The number of benzene rings is 2. The highest BCUT2D eigenvalue weighted by Crippen LogP contribution is 2.35. The lowest BCUT2D eigenvalue weighted by molar-refractivity contribution is -0.140. The third kappa shape index (κ3) is 4.73. The van der Waals surface area contributed by atoms with Gasteiger partial charge < -0.3 is 14.6 Å². The van der Waals surface area contributed by atoms with Crippen LogP contribution in [-0.4, -0.2) is 28.9 Å². The fraction of sp³-hybridized carbons (Fsp3) is 0.360. The maximum Gasteiger partial charge on any atom is 0.306 e. The first-order valence-electron chi connectivity index (χ1n) is 10.9. The number of H-pyrrole nitrogens is 2. The second kappa shape index (κ2) is 9.04. The van der Waals surface area contributed by atoms with Crippen LogP contribution < -0.4 is 10.3 Å². The molecule has 0 spiro atoms. The van der Waals surface area contributed by atoms with Crippen molar-refractivity contribution in [2.45, 2.75) is 51.0 Å². The molecule has 2 N–H and O–H groups in total. The van der Waals surface area contributed by atoms with E-state index >= 15 is 0 Å². The van der Waals surface area contributed by atoms with Crippen molar-refractivity contribution in [3.8, 4) is 5.75 Å². The summed E-state index contributed by atoms with van der Waals surface area (Å²) in [6.45, 7) is 4.06. The molecule has 3 aromatic rings. The molecule has 0 unspecified atom stereocenters. The van der Waals surface area contributed by atoms with E-state index in [-0.39, 0.29) is 29.6 Å². The highest BCUT2D eigenvalue weighted by molar-refractivity contribution is 5.71. The van der Waals surface area contributed by atoms with Gasteiger partial charge in [-0.15, -0.1) is 0 Å². The zero-order chi connectivity index (χ0) is 24.6. The van der Waals surface area contributed by atoms with Crippen molar-refractivity contribution < 1.29 is 27.4 Å². The number of ether oxygens (including phenoxy) is 2. The van der Waals surface area contributed by atoms with Crippen LogP contribution >= 0.6 is 0 Å². The fourth-order valence-corrected chi connectivity index (χ4v) is 4.35. The maximum atomic E-state index is 14.0. The smallest absolute Gasteiger partial charge is 0.306 e. The third-order valence-electron chi connectivity index (χ3n) is 6.14. The van der Waals surface area contributed by atoms with Gasteiger partial charge in [-0.1, -0.05) is 12.1 Å². The van der Waals surface area contributed by atoms with E-state index in [1.807, 2.05) is 32.0 Å². The number of esters is 1. The first-order chi connectivity index (χ1) is 16.1. The summed E-state index contributed by atoms with van der Waals surface area (Å²) in [6, 6.07) is 7.33. The molecule has 0 aliphatic carbocycles. The Balaban J connectivity index is 1.72. The minimum atomic E-state index is -1.62.